The van der Waals surface area contributed by atoms with E-state index in [1.54, 1.807) is 31.2 Å². The topological polar surface area (TPSA) is 62.1 Å². The maximum Gasteiger partial charge on any atom is 0.416 e. The summed E-state index contributed by atoms with van der Waals surface area (Å²) in [7, 11) is 0. The predicted octanol–water partition coefficient (Wildman–Crippen LogP) is 5.06. The van der Waals surface area contributed by atoms with E-state index in [2.05, 4.69) is 14.9 Å². The number of nitrogens with zero attached hydrogens (tertiary/aromatic N) is 6. The molecule has 1 unspecified atom stereocenters. The fraction of sp³-hybridized carbons (Fsp3) is 0.143. The number of nitriles is 1. The molecule has 0 spiro atoms. The van der Waals surface area contributed by atoms with Crippen LogP contribution in [0.4, 0.5) is 24.8 Å². The summed E-state index contributed by atoms with van der Waals surface area (Å²) in [6, 6.07) is 13.0. The number of halogens is 3. The van der Waals surface area contributed by atoms with Crippen LogP contribution in [0.1, 0.15) is 29.7 Å². The largest absolute Gasteiger partial charge is 0.416 e. The molecule has 30 heavy (non-hydrogen) atoms. The number of hydrogen-bond acceptors (Lipinski definition) is 4. The molecule has 0 amide bonds. The Balaban J connectivity index is 1.89. The number of allylic oxidation sites excluding steroid dienone is 2. The molecule has 1 atom stereocenters. The average Bonchev–Trinajstić information content (AvgIpc) is 3.21. The lowest BCUT2D eigenvalue weighted by atomic mass is 9.99. The zero-order chi connectivity index (χ0) is 21.5. The van der Waals surface area contributed by atoms with Gasteiger partial charge in [-0.05, 0) is 42.8 Å². The highest BCUT2D eigenvalue weighted by Crippen LogP contribution is 2.43. The number of anilines is 2. The Morgan fingerprint density at radius 2 is 1.90 bits per heavy atom. The number of alkyl halides is 3. The van der Waals surface area contributed by atoms with Gasteiger partial charge in [-0.1, -0.05) is 18.2 Å². The Kier molecular flexibility index (Phi) is 4.52. The smallest absolute Gasteiger partial charge is 0.294 e. The lowest BCUT2D eigenvalue weighted by Gasteiger charge is -2.34. The molecule has 0 saturated heterocycles. The van der Waals surface area contributed by atoms with Crippen molar-refractivity contribution in [2.75, 3.05) is 4.90 Å². The first-order chi connectivity index (χ1) is 14.3. The fourth-order valence-electron chi connectivity index (χ4n) is 3.48. The number of hydrogen-bond donors (Lipinski definition) is 0. The lowest BCUT2D eigenvalue weighted by Crippen LogP contribution is -2.30. The Morgan fingerprint density at radius 1 is 1.17 bits per heavy atom. The van der Waals surface area contributed by atoms with Gasteiger partial charge in [-0.3, -0.25) is 4.90 Å². The van der Waals surface area contributed by atoms with Crippen LogP contribution in [0, 0.1) is 17.9 Å². The number of fused-ring (bicyclic) bond motifs is 1. The molecule has 0 radical (unpaired) electrons. The van der Waals surface area contributed by atoms with E-state index in [0.29, 0.717) is 22.9 Å². The number of rotatable bonds is 2. The Hall–Kier alpha value is -4.11. The Bertz CT molecular complexity index is 1230. The lowest BCUT2D eigenvalue weighted by molar-refractivity contribution is -0.137. The Morgan fingerprint density at radius 3 is 2.53 bits per heavy atom. The summed E-state index contributed by atoms with van der Waals surface area (Å²) < 4.78 is 41.2. The van der Waals surface area contributed by atoms with Crippen LogP contribution < -0.4 is 4.90 Å². The van der Waals surface area contributed by atoms with Gasteiger partial charge in [0.2, 0.25) is 11.6 Å². The van der Waals surface area contributed by atoms with Crippen molar-refractivity contribution in [3.8, 4) is 6.07 Å². The van der Waals surface area contributed by atoms with Gasteiger partial charge in [0.1, 0.15) is 12.4 Å². The monoisotopic (exact) mass is 406 g/mol. The van der Waals surface area contributed by atoms with E-state index in [9.17, 15) is 13.2 Å². The van der Waals surface area contributed by atoms with Crippen molar-refractivity contribution in [2.24, 2.45) is 0 Å². The van der Waals surface area contributed by atoms with Crippen LogP contribution in [-0.4, -0.2) is 14.8 Å². The van der Waals surface area contributed by atoms with Crippen molar-refractivity contribution < 1.29 is 13.2 Å². The van der Waals surface area contributed by atoms with Crippen molar-refractivity contribution in [2.45, 2.75) is 19.1 Å². The minimum Gasteiger partial charge on any atom is -0.294 e. The molecule has 0 bridgehead atoms. The maximum atomic E-state index is 13.2. The van der Waals surface area contributed by atoms with Crippen molar-refractivity contribution in [3.05, 3.63) is 94.4 Å². The third-order valence-electron chi connectivity index (χ3n) is 4.87. The molecule has 2 heterocycles. The highest BCUT2D eigenvalue weighted by Gasteiger charge is 2.36. The second-order valence-corrected chi connectivity index (χ2v) is 6.61. The van der Waals surface area contributed by atoms with Crippen LogP contribution in [0.25, 0.3) is 4.85 Å². The third-order valence-corrected chi connectivity index (χ3v) is 4.87. The van der Waals surface area contributed by atoms with Crippen molar-refractivity contribution in [3.63, 3.8) is 0 Å². The van der Waals surface area contributed by atoms with Crippen LogP contribution in [0.15, 0.2) is 66.3 Å². The first-order valence-electron chi connectivity index (χ1n) is 8.80. The molecule has 1 aliphatic rings. The first-order valence-corrected chi connectivity index (χ1v) is 8.80. The van der Waals surface area contributed by atoms with Crippen molar-refractivity contribution in [1.82, 2.24) is 14.8 Å². The number of aromatic nitrogens is 3. The molecule has 1 aliphatic heterocycles. The molecular formula is C21H13F3N6. The van der Waals surface area contributed by atoms with Gasteiger partial charge in [-0.25, -0.2) is 9.53 Å². The molecule has 3 aromatic rings. The van der Waals surface area contributed by atoms with Gasteiger partial charge in [0.05, 0.1) is 23.8 Å². The molecule has 2 aromatic carbocycles. The predicted molar refractivity (Wildman–Crippen MR) is 102 cm³/mol. The summed E-state index contributed by atoms with van der Waals surface area (Å²) in [4.78, 5) is 9.40. The van der Waals surface area contributed by atoms with Gasteiger partial charge in [0.15, 0.2) is 0 Å². The minimum atomic E-state index is -4.50. The van der Waals surface area contributed by atoms with Crippen LogP contribution in [0.3, 0.4) is 0 Å². The molecule has 6 nitrogen and oxygen atoms in total. The zero-order valence-electron chi connectivity index (χ0n) is 15.6. The van der Waals surface area contributed by atoms with E-state index in [-0.39, 0.29) is 5.69 Å². The van der Waals surface area contributed by atoms with Gasteiger partial charge in [0, 0.05) is 11.4 Å². The van der Waals surface area contributed by atoms with Crippen molar-refractivity contribution in [1.29, 1.82) is 5.26 Å². The van der Waals surface area contributed by atoms with Crippen molar-refractivity contribution >= 4 is 11.6 Å². The second-order valence-electron chi connectivity index (χ2n) is 6.61. The molecule has 4 rings (SSSR count). The van der Waals surface area contributed by atoms with Crippen LogP contribution in [0.2, 0.25) is 0 Å². The van der Waals surface area contributed by atoms with Gasteiger partial charge in [0.25, 0.3) is 0 Å². The quantitative estimate of drug-likeness (QED) is 0.558. The molecule has 0 aliphatic carbocycles. The van der Waals surface area contributed by atoms with Crippen LogP contribution in [-0.2, 0) is 6.18 Å². The van der Waals surface area contributed by atoms with E-state index in [4.69, 9.17) is 11.8 Å². The molecule has 0 saturated carbocycles. The normalized spacial score (nSPS) is 16.1. The highest BCUT2D eigenvalue weighted by atomic mass is 19.4. The highest BCUT2D eigenvalue weighted by molar-refractivity contribution is 5.67. The van der Waals surface area contributed by atoms with Crippen LogP contribution in [0.5, 0.6) is 0 Å². The molecule has 1 aromatic heterocycles. The molecule has 9 heteroatoms. The Labute approximate surface area is 169 Å². The van der Waals surface area contributed by atoms with Gasteiger partial charge in [-0.2, -0.15) is 28.5 Å². The summed E-state index contributed by atoms with van der Waals surface area (Å²) in [6.45, 7) is 9.39. The molecule has 148 valence electrons. The third kappa shape index (κ3) is 3.07. The fourth-order valence-corrected chi connectivity index (χ4v) is 3.48. The molecular weight excluding hydrogens is 393 g/mol. The average molecular weight is 406 g/mol. The van der Waals surface area contributed by atoms with Gasteiger partial charge in [-0.15, -0.1) is 0 Å². The van der Waals surface area contributed by atoms with Gasteiger partial charge < -0.3 is 0 Å². The summed E-state index contributed by atoms with van der Waals surface area (Å²) in [5.41, 5.74) is 1.39. The van der Waals surface area contributed by atoms with E-state index in [1.165, 1.54) is 28.0 Å². The summed E-state index contributed by atoms with van der Waals surface area (Å²) in [5.74, 6) is 0.300. The first kappa shape index (κ1) is 19.2. The van der Waals surface area contributed by atoms with E-state index in [0.717, 1.165) is 17.7 Å². The molecule has 0 N–H and O–H groups in total. The van der Waals surface area contributed by atoms with E-state index in [1.807, 2.05) is 6.07 Å². The van der Waals surface area contributed by atoms with Crippen LogP contribution >= 0.6 is 0 Å². The number of benzene rings is 2. The van der Waals surface area contributed by atoms with E-state index < -0.39 is 17.8 Å². The summed E-state index contributed by atoms with van der Waals surface area (Å²) >= 11 is 0. The second kappa shape index (κ2) is 7.05. The minimum absolute atomic E-state index is 0.232. The summed E-state index contributed by atoms with van der Waals surface area (Å²) in [6.07, 6.45) is -3.20. The zero-order valence-corrected chi connectivity index (χ0v) is 15.6. The molecule has 0 fully saturated rings. The SMILES string of the molecule is [C-]#[N+]C1=C(C)N(c2cccc(C(F)(F)F)c2)c2ncnn2C1c1ccc(C#N)cc1. The maximum absolute atomic E-state index is 13.2. The van der Waals surface area contributed by atoms with E-state index >= 15 is 0 Å². The standard InChI is InChI=1S/C21H13F3N6/c1-13-18(26-2)19(15-8-6-14(11-25)7-9-15)30-20(27-12-28-30)29(13)17-5-3-4-16(10-17)21(22,23)24/h3-10,12,19H,1H3. The van der Waals surface area contributed by atoms with Gasteiger partial charge >= 0.3 is 6.18 Å². The summed E-state index contributed by atoms with van der Waals surface area (Å²) in [5, 5.41) is 13.3.